The summed E-state index contributed by atoms with van der Waals surface area (Å²) < 4.78 is 0. The highest BCUT2D eigenvalue weighted by molar-refractivity contribution is 6.01. The number of aryl methyl sites for hydroxylation is 2. The third kappa shape index (κ3) is 4.24. The van der Waals surface area contributed by atoms with Gasteiger partial charge in [0.05, 0.1) is 12.6 Å². The van der Waals surface area contributed by atoms with Gasteiger partial charge in [-0.05, 0) is 67.0 Å². The molecule has 1 saturated heterocycles. The molecule has 150 valence electrons. The zero-order valence-electron chi connectivity index (χ0n) is 16.7. The third-order valence-corrected chi connectivity index (χ3v) is 5.93. The fourth-order valence-corrected chi connectivity index (χ4v) is 4.13. The van der Waals surface area contributed by atoms with Crippen LogP contribution in [0, 0.1) is 0 Å². The van der Waals surface area contributed by atoms with Crippen molar-refractivity contribution in [1.29, 1.82) is 0 Å². The van der Waals surface area contributed by atoms with E-state index in [-0.39, 0.29) is 30.3 Å². The zero-order valence-corrected chi connectivity index (χ0v) is 16.7. The predicted octanol–water partition coefficient (Wildman–Crippen LogP) is 3.71. The molecule has 2 aromatic rings. The van der Waals surface area contributed by atoms with Gasteiger partial charge >= 0.3 is 0 Å². The summed E-state index contributed by atoms with van der Waals surface area (Å²) in [6, 6.07) is 13.6. The molecule has 1 N–H and O–H groups in total. The topological polar surface area (TPSA) is 66.5 Å². The van der Waals surface area contributed by atoms with Gasteiger partial charge in [0.1, 0.15) is 0 Å². The minimum absolute atomic E-state index is 0.0748. The largest absolute Gasteiger partial charge is 0.346 e. The Morgan fingerprint density at radius 1 is 0.931 bits per heavy atom. The Hall–Kier alpha value is -2.95. The molecular formula is C24H26N2O3. The molecular weight excluding hydrogens is 364 g/mol. The molecule has 5 heteroatoms. The number of nitrogens with one attached hydrogen (secondary N) is 1. The number of carbonyl (C=O) groups is 3. The van der Waals surface area contributed by atoms with Crippen LogP contribution >= 0.6 is 0 Å². The SMILES string of the molecule is C[C@H](NC(=O)c1ccc(CN2C(=O)CCC2=O)cc1)c1ccc2c(c1)CCCC2. The van der Waals surface area contributed by atoms with E-state index in [0.717, 1.165) is 24.0 Å². The van der Waals surface area contributed by atoms with Crippen LogP contribution in [-0.4, -0.2) is 22.6 Å². The van der Waals surface area contributed by atoms with E-state index in [9.17, 15) is 14.4 Å². The molecule has 4 rings (SSSR count). The first-order valence-corrected chi connectivity index (χ1v) is 10.4. The standard InChI is InChI=1S/C24H26N2O3/c1-16(20-11-10-18-4-2-3-5-21(18)14-20)25-24(29)19-8-6-17(7-9-19)15-26-22(27)12-13-23(26)28/h6-11,14,16H,2-5,12-13,15H2,1H3,(H,25,29)/t16-/m0/s1. The van der Waals surface area contributed by atoms with Crippen LogP contribution in [0.4, 0.5) is 0 Å². The van der Waals surface area contributed by atoms with Crippen LogP contribution in [0.5, 0.6) is 0 Å². The van der Waals surface area contributed by atoms with Gasteiger partial charge in [0.25, 0.3) is 5.91 Å². The number of fused-ring (bicyclic) bond motifs is 1. The summed E-state index contributed by atoms with van der Waals surface area (Å²) in [7, 11) is 0. The highest BCUT2D eigenvalue weighted by Gasteiger charge is 2.28. The lowest BCUT2D eigenvalue weighted by atomic mass is 9.89. The smallest absolute Gasteiger partial charge is 0.251 e. The quantitative estimate of drug-likeness (QED) is 0.792. The molecule has 1 fully saturated rings. The number of hydrogen-bond donors (Lipinski definition) is 1. The Labute approximate surface area is 171 Å². The Morgan fingerprint density at radius 2 is 1.59 bits per heavy atom. The van der Waals surface area contributed by atoms with Crippen molar-refractivity contribution < 1.29 is 14.4 Å². The lowest BCUT2D eigenvalue weighted by Crippen LogP contribution is -2.28. The van der Waals surface area contributed by atoms with Crippen molar-refractivity contribution in [3.8, 4) is 0 Å². The Morgan fingerprint density at radius 3 is 2.28 bits per heavy atom. The zero-order chi connectivity index (χ0) is 20.4. The number of benzene rings is 2. The maximum Gasteiger partial charge on any atom is 0.251 e. The Bertz CT molecular complexity index is 933. The normalized spacial score (nSPS) is 17.2. The summed E-state index contributed by atoms with van der Waals surface area (Å²) in [4.78, 5) is 37.4. The molecule has 0 spiro atoms. The second-order valence-corrected chi connectivity index (χ2v) is 8.00. The van der Waals surface area contributed by atoms with E-state index in [2.05, 4.69) is 23.5 Å². The van der Waals surface area contributed by atoms with E-state index in [0.29, 0.717) is 18.4 Å². The van der Waals surface area contributed by atoms with Crippen LogP contribution < -0.4 is 5.32 Å². The van der Waals surface area contributed by atoms with E-state index in [1.807, 2.05) is 6.92 Å². The summed E-state index contributed by atoms with van der Waals surface area (Å²) >= 11 is 0. The summed E-state index contributed by atoms with van der Waals surface area (Å²) in [5.41, 5.74) is 5.38. The number of imide groups is 1. The molecule has 1 aliphatic heterocycles. The number of hydrogen-bond acceptors (Lipinski definition) is 3. The van der Waals surface area contributed by atoms with Gasteiger partial charge in [-0.3, -0.25) is 19.3 Å². The van der Waals surface area contributed by atoms with Gasteiger partial charge < -0.3 is 5.32 Å². The maximum absolute atomic E-state index is 12.6. The van der Waals surface area contributed by atoms with E-state index < -0.39 is 0 Å². The molecule has 0 radical (unpaired) electrons. The van der Waals surface area contributed by atoms with Gasteiger partial charge in [-0.25, -0.2) is 0 Å². The molecule has 2 aromatic carbocycles. The van der Waals surface area contributed by atoms with Crippen molar-refractivity contribution in [2.75, 3.05) is 0 Å². The van der Waals surface area contributed by atoms with Gasteiger partial charge in [-0.2, -0.15) is 0 Å². The van der Waals surface area contributed by atoms with E-state index >= 15 is 0 Å². The van der Waals surface area contributed by atoms with Crippen molar-refractivity contribution in [3.05, 3.63) is 70.3 Å². The molecule has 0 aromatic heterocycles. The molecule has 1 heterocycles. The van der Waals surface area contributed by atoms with Crippen LogP contribution in [0.15, 0.2) is 42.5 Å². The number of rotatable bonds is 5. The molecule has 1 aliphatic carbocycles. The highest BCUT2D eigenvalue weighted by atomic mass is 16.2. The van der Waals surface area contributed by atoms with Crippen molar-refractivity contribution in [3.63, 3.8) is 0 Å². The number of likely N-dealkylation sites (tertiary alicyclic amines) is 1. The van der Waals surface area contributed by atoms with Crippen molar-refractivity contribution in [2.45, 2.75) is 58.0 Å². The second kappa shape index (κ2) is 8.19. The first-order valence-electron chi connectivity index (χ1n) is 10.4. The van der Waals surface area contributed by atoms with E-state index in [4.69, 9.17) is 0 Å². The predicted molar refractivity (Wildman–Crippen MR) is 110 cm³/mol. The monoisotopic (exact) mass is 390 g/mol. The van der Waals surface area contributed by atoms with Gasteiger partial charge in [0, 0.05) is 18.4 Å². The number of nitrogens with zero attached hydrogens (tertiary/aromatic N) is 1. The highest BCUT2D eigenvalue weighted by Crippen LogP contribution is 2.25. The number of carbonyl (C=O) groups excluding carboxylic acids is 3. The van der Waals surface area contributed by atoms with Crippen molar-refractivity contribution >= 4 is 17.7 Å². The van der Waals surface area contributed by atoms with Gasteiger partial charge in [0.2, 0.25) is 11.8 Å². The van der Waals surface area contributed by atoms with E-state index in [1.165, 1.54) is 28.9 Å². The minimum Gasteiger partial charge on any atom is -0.346 e. The van der Waals surface area contributed by atoms with Crippen LogP contribution in [0.2, 0.25) is 0 Å². The molecule has 3 amide bonds. The Balaban J connectivity index is 1.39. The molecule has 0 unspecified atom stereocenters. The second-order valence-electron chi connectivity index (χ2n) is 8.00. The summed E-state index contributed by atoms with van der Waals surface area (Å²) in [5, 5.41) is 3.07. The van der Waals surface area contributed by atoms with Gasteiger partial charge in [0.15, 0.2) is 0 Å². The Kier molecular flexibility index (Phi) is 5.47. The lowest BCUT2D eigenvalue weighted by molar-refractivity contribution is -0.139. The van der Waals surface area contributed by atoms with E-state index in [1.54, 1.807) is 24.3 Å². The lowest BCUT2D eigenvalue weighted by Gasteiger charge is -2.20. The summed E-state index contributed by atoms with van der Waals surface area (Å²) in [6.07, 6.45) is 5.34. The summed E-state index contributed by atoms with van der Waals surface area (Å²) in [6.45, 7) is 2.27. The molecule has 0 saturated carbocycles. The first kappa shape index (κ1) is 19.4. The van der Waals surface area contributed by atoms with Crippen LogP contribution in [0.3, 0.4) is 0 Å². The van der Waals surface area contributed by atoms with Crippen LogP contribution in [0.1, 0.15) is 71.3 Å². The average molecular weight is 390 g/mol. The third-order valence-electron chi connectivity index (χ3n) is 5.93. The fraction of sp³-hybridized carbons (Fsp3) is 0.375. The number of amides is 3. The fourth-order valence-electron chi connectivity index (χ4n) is 4.13. The molecule has 0 bridgehead atoms. The van der Waals surface area contributed by atoms with Crippen LogP contribution in [-0.2, 0) is 29.0 Å². The first-order chi connectivity index (χ1) is 14.0. The average Bonchev–Trinajstić information content (AvgIpc) is 3.06. The van der Waals surface area contributed by atoms with Gasteiger partial charge in [-0.15, -0.1) is 0 Å². The molecule has 2 aliphatic rings. The summed E-state index contributed by atoms with van der Waals surface area (Å²) in [5.74, 6) is -0.388. The van der Waals surface area contributed by atoms with Crippen LogP contribution in [0.25, 0.3) is 0 Å². The molecule has 29 heavy (non-hydrogen) atoms. The minimum atomic E-state index is -0.130. The maximum atomic E-state index is 12.6. The molecule has 5 nitrogen and oxygen atoms in total. The van der Waals surface area contributed by atoms with Crippen molar-refractivity contribution in [2.24, 2.45) is 0 Å². The van der Waals surface area contributed by atoms with Crippen molar-refractivity contribution in [1.82, 2.24) is 10.2 Å². The van der Waals surface area contributed by atoms with Gasteiger partial charge in [-0.1, -0.05) is 30.3 Å². The molecule has 1 atom stereocenters.